The van der Waals surface area contributed by atoms with Gasteiger partial charge < -0.3 is 19.1 Å². The fraction of sp³-hybridized carbons (Fsp3) is 0.300. The van der Waals surface area contributed by atoms with Gasteiger partial charge in [-0.1, -0.05) is 25.4 Å². The average Bonchev–Trinajstić information content (AvgIpc) is 3.40. The van der Waals surface area contributed by atoms with Crippen molar-refractivity contribution in [2.45, 2.75) is 33.2 Å². The maximum absolute atomic E-state index is 14.0. The van der Waals surface area contributed by atoms with Crippen LogP contribution in [0.1, 0.15) is 49.4 Å². The third-order valence-corrected chi connectivity index (χ3v) is 7.09. The summed E-state index contributed by atoms with van der Waals surface area (Å²) in [6.45, 7) is 6.70. The molecule has 0 saturated heterocycles. The molecule has 2 heterocycles. The fourth-order valence-corrected chi connectivity index (χ4v) is 4.81. The minimum atomic E-state index is -0.556. The summed E-state index contributed by atoms with van der Waals surface area (Å²) in [6, 6.07) is 16.8. The van der Waals surface area contributed by atoms with E-state index in [0.717, 1.165) is 6.42 Å². The molecule has 39 heavy (non-hydrogen) atoms. The summed E-state index contributed by atoms with van der Waals surface area (Å²) in [5, 5.41) is 0.908. The first kappa shape index (κ1) is 26.6. The van der Waals surface area contributed by atoms with E-state index in [2.05, 4.69) is 13.8 Å². The molecule has 0 fully saturated rings. The van der Waals surface area contributed by atoms with Crippen molar-refractivity contribution in [3.8, 4) is 22.9 Å². The molecule has 0 radical (unpaired) electrons. The van der Waals surface area contributed by atoms with Gasteiger partial charge in [-0.05, 0) is 79.9 Å². The monoisotopic (exact) mass is 547 g/mol. The highest BCUT2D eigenvalue weighted by molar-refractivity contribution is 6.31. The number of carbonyl (C=O) groups is 1. The minimum absolute atomic E-state index is 0.123. The summed E-state index contributed by atoms with van der Waals surface area (Å²) in [4.78, 5) is 34.5. The van der Waals surface area contributed by atoms with E-state index in [1.807, 2.05) is 6.92 Å². The van der Waals surface area contributed by atoms with Crippen LogP contribution < -0.4 is 19.8 Å². The van der Waals surface area contributed by atoms with Crippen molar-refractivity contribution < 1.29 is 19.0 Å². The third kappa shape index (κ3) is 5.29. The van der Waals surface area contributed by atoms with E-state index in [9.17, 15) is 9.59 Å². The van der Waals surface area contributed by atoms with E-state index >= 15 is 0 Å². The van der Waals surface area contributed by atoms with Crippen molar-refractivity contribution >= 4 is 28.4 Å². The standard InChI is InChI=1S/C30H30ClN3O5/c1-18(2)13-14-33(29(35)20-5-12-26-27(15-20)39-17-38-26)19(3)28-32-25-16-21(31)6-11-24(25)30(36)34(28)22-7-9-23(37-4)10-8-22/h5-12,15-16,18-19H,13-14,17H2,1-4H3. The van der Waals surface area contributed by atoms with Crippen molar-refractivity contribution in [2.75, 3.05) is 20.4 Å². The van der Waals surface area contributed by atoms with Gasteiger partial charge in [0.05, 0.1) is 29.7 Å². The Balaban J connectivity index is 1.65. The molecule has 0 aliphatic carbocycles. The minimum Gasteiger partial charge on any atom is -0.497 e. The summed E-state index contributed by atoms with van der Waals surface area (Å²) in [5.41, 5.74) is 1.31. The summed E-state index contributed by atoms with van der Waals surface area (Å²) < 4.78 is 17.8. The van der Waals surface area contributed by atoms with Crippen molar-refractivity contribution in [3.63, 3.8) is 0 Å². The van der Waals surface area contributed by atoms with Crippen LogP contribution in [0, 0.1) is 5.92 Å². The molecule has 9 heteroatoms. The summed E-state index contributed by atoms with van der Waals surface area (Å²) >= 11 is 6.27. The van der Waals surface area contributed by atoms with Crippen LogP contribution in [0.5, 0.6) is 17.2 Å². The predicted octanol–water partition coefficient (Wildman–Crippen LogP) is 6.03. The molecule has 1 aromatic heterocycles. The number of benzene rings is 3. The maximum atomic E-state index is 14.0. The zero-order valence-corrected chi connectivity index (χ0v) is 23.1. The van der Waals surface area contributed by atoms with Crippen LogP contribution in [-0.4, -0.2) is 40.8 Å². The topological polar surface area (TPSA) is 82.9 Å². The number of fused-ring (bicyclic) bond motifs is 2. The molecule has 1 atom stereocenters. The van der Waals surface area contributed by atoms with Crippen LogP contribution in [0.25, 0.3) is 16.6 Å². The molecule has 5 rings (SSSR count). The number of amides is 1. The Kier molecular flexibility index (Phi) is 7.48. The van der Waals surface area contributed by atoms with Crippen LogP contribution >= 0.6 is 11.6 Å². The summed E-state index contributed by atoms with van der Waals surface area (Å²) in [5.74, 6) is 2.40. The van der Waals surface area contributed by atoms with Crippen molar-refractivity contribution in [3.05, 3.63) is 87.4 Å². The Morgan fingerprint density at radius 3 is 2.51 bits per heavy atom. The Bertz CT molecular complexity index is 1580. The molecule has 1 amide bonds. The Hall–Kier alpha value is -4.04. The number of ether oxygens (including phenoxy) is 3. The lowest BCUT2D eigenvalue weighted by atomic mass is 10.1. The molecule has 0 saturated carbocycles. The van der Waals surface area contributed by atoms with Crippen molar-refractivity contribution in [1.82, 2.24) is 14.5 Å². The number of hydrogen-bond acceptors (Lipinski definition) is 6. The lowest BCUT2D eigenvalue weighted by molar-refractivity contribution is 0.0671. The fourth-order valence-electron chi connectivity index (χ4n) is 4.64. The van der Waals surface area contributed by atoms with Gasteiger partial charge in [0.1, 0.15) is 11.6 Å². The first-order chi connectivity index (χ1) is 18.8. The second-order valence-electron chi connectivity index (χ2n) is 9.90. The number of methoxy groups -OCH3 is 1. The van der Waals surface area contributed by atoms with Crippen LogP contribution in [0.4, 0.5) is 0 Å². The molecule has 0 spiro atoms. The molecular weight excluding hydrogens is 518 g/mol. The first-order valence-corrected chi connectivity index (χ1v) is 13.2. The summed E-state index contributed by atoms with van der Waals surface area (Å²) in [7, 11) is 1.59. The van der Waals surface area contributed by atoms with Gasteiger partial charge in [0.2, 0.25) is 6.79 Å². The van der Waals surface area contributed by atoms with Gasteiger partial charge >= 0.3 is 0 Å². The highest BCUT2D eigenvalue weighted by Crippen LogP contribution is 2.34. The van der Waals surface area contributed by atoms with E-state index < -0.39 is 6.04 Å². The molecule has 1 aliphatic rings. The van der Waals surface area contributed by atoms with Gasteiger partial charge in [-0.25, -0.2) is 4.98 Å². The first-order valence-electron chi connectivity index (χ1n) is 12.8. The van der Waals surface area contributed by atoms with E-state index in [0.29, 0.717) is 62.7 Å². The lowest BCUT2D eigenvalue weighted by Gasteiger charge is -2.31. The van der Waals surface area contributed by atoms with Gasteiger partial charge in [-0.3, -0.25) is 14.2 Å². The van der Waals surface area contributed by atoms with Crippen molar-refractivity contribution in [1.29, 1.82) is 0 Å². The van der Waals surface area contributed by atoms with Crippen molar-refractivity contribution in [2.24, 2.45) is 5.92 Å². The molecule has 8 nitrogen and oxygen atoms in total. The highest BCUT2D eigenvalue weighted by Gasteiger charge is 2.29. The predicted molar refractivity (Wildman–Crippen MR) is 150 cm³/mol. The van der Waals surface area contributed by atoms with Gasteiger partial charge in [-0.2, -0.15) is 0 Å². The molecule has 0 bridgehead atoms. The second kappa shape index (κ2) is 11.0. The van der Waals surface area contributed by atoms with Crippen LogP contribution in [0.3, 0.4) is 0 Å². The molecule has 3 aromatic carbocycles. The largest absolute Gasteiger partial charge is 0.497 e. The van der Waals surface area contributed by atoms with Crippen LogP contribution in [0.2, 0.25) is 5.02 Å². The molecule has 1 unspecified atom stereocenters. The number of hydrogen-bond donors (Lipinski definition) is 0. The zero-order valence-electron chi connectivity index (χ0n) is 22.3. The average molecular weight is 548 g/mol. The Morgan fingerprint density at radius 2 is 1.79 bits per heavy atom. The number of nitrogens with zero attached hydrogens (tertiary/aromatic N) is 3. The number of rotatable bonds is 8. The van der Waals surface area contributed by atoms with E-state index in [4.69, 9.17) is 30.8 Å². The molecule has 202 valence electrons. The Morgan fingerprint density at radius 1 is 1.05 bits per heavy atom. The highest BCUT2D eigenvalue weighted by atomic mass is 35.5. The molecular formula is C30H30ClN3O5. The maximum Gasteiger partial charge on any atom is 0.266 e. The molecule has 1 aliphatic heterocycles. The number of halogens is 1. The van der Waals surface area contributed by atoms with Gasteiger partial charge in [0.15, 0.2) is 11.5 Å². The lowest BCUT2D eigenvalue weighted by Crippen LogP contribution is -2.38. The van der Waals surface area contributed by atoms with Gasteiger partial charge in [-0.15, -0.1) is 0 Å². The number of aromatic nitrogens is 2. The SMILES string of the molecule is COc1ccc(-n2c(C(C)N(CCC(C)C)C(=O)c3ccc4c(c3)OCO4)nc3cc(Cl)ccc3c2=O)cc1. The van der Waals surface area contributed by atoms with Gasteiger partial charge in [0.25, 0.3) is 11.5 Å². The van der Waals surface area contributed by atoms with Gasteiger partial charge in [0, 0.05) is 17.1 Å². The van der Waals surface area contributed by atoms with E-state index in [1.165, 1.54) is 0 Å². The number of carbonyl (C=O) groups excluding carboxylic acids is 1. The quantitative estimate of drug-likeness (QED) is 0.268. The zero-order chi connectivity index (χ0) is 27.7. The molecule has 4 aromatic rings. The second-order valence-corrected chi connectivity index (χ2v) is 10.3. The van der Waals surface area contributed by atoms with Crippen LogP contribution in [0.15, 0.2) is 65.5 Å². The van der Waals surface area contributed by atoms with Crippen LogP contribution in [-0.2, 0) is 0 Å². The Labute approximate surface area is 231 Å². The van der Waals surface area contributed by atoms with E-state index in [-0.39, 0.29) is 18.3 Å². The molecule has 0 N–H and O–H groups in total. The smallest absolute Gasteiger partial charge is 0.266 e. The summed E-state index contributed by atoms with van der Waals surface area (Å²) in [6.07, 6.45) is 0.771. The normalized spacial score (nSPS) is 13.1. The van der Waals surface area contributed by atoms with E-state index in [1.54, 1.807) is 77.2 Å². The third-order valence-electron chi connectivity index (χ3n) is 6.86.